The Morgan fingerprint density at radius 2 is 2.00 bits per heavy atom. The lowest BCUT2D eigenvalue weighted by Gasteiger charge is -2.20. The van der Waals surface area contributed by atoms with Gasteiger partial charge in [-0.1, -0.05) is 6.07 Å². The van der Waals surface area contributed by atoms with E-state index in [1.807, 2.05) is 6.92 Å². The van der Waals surface area contributed by atoms with Crippen molar-refractivity contribution in [2.75, 3.05) is 17.7 Å². The van der Waals surface area contributed by atoms with Gasteiger partial charge in [0.2, 0.25) is 5.91 Å². The van der Waals surface area contributed by atoms with E-state index in [4.69, 9.17) is 11.6 Å². The second kappa shape index (κ2) is 6.57. The number of hydrogen-bond acceptors (Lipinski definition) is 2. The van der Waals surface area contributed by atoms with E-state index in [1.165, 1.54) is 0 Å². The van der Waals surface area contributed by atoms with Crippen LogP contribution in [0.4, 0.5) is 5.69 Å². The van der Waals surface area contributed by atoms with Gasteiger partial charge < -0.3 is 10.6 Å². The molecule has 0 heterocycles. The molecule has 0 saturated heterocycles. The van der Waals surface area contributed by atoms with Crippen LogP contribution in [0.25, 0.3) is 0 Å². The molecule has 1 rings (SSSR count). The van der Waals surface area contributed by atoms with Gasteiger partial charge >= 0.3 is 0 Å². The van der Waals surface area contributed by atoms with Crippen molar-refractivity contribution in [3.05, 3.63) is 29.8 Å². The van der Waals surface area contributed by atoms with Crippen molar-refractivity contribution in [1.29, 1.82) is 0 Å². The lowest BCUT2D eigenvalue weighted by atomic mass is 9.95. The van der Waals surface area contributed by atoms with Crippen molar-refractivity contribution in [2.45, 2.75) is 20.8 Å². The van der Waals surface area contributed by atoms with Gasteiger partial charge in [-0.15, -0.1) is 11.6 Å². The largest absolute Gasteiger partial charge is 0.352 e. The predicted octanol–water partition coefficient (Wildman–Crippen LogP) is 2.64. The summed E-state index contributed by atoms with van der Waals surface area (Å²) in [5.74, 6) is -0.0970. The predicted molar refractivity (Wildman–Crippen MR) is 77.6 cm³/mol. The molecule has 4 nitrogen and oxygen atoms in total. The number of halogens is 1. The molecular weight excluding hydrogens is 264 g/mol. The Balaban J connectivity index is 2.83. The van der Waals surface area contributed by atoms with Gasteiger partial charge in [0.1, 0.15) is 0 Å². The Hall–Kier alpha value is -1.55. The van der Waals surface area contributed by atoms with Crippen LogP contribution >= 0.6 is 11.6 Å². The van der Waals surface area contributed by atoms with Gasteiger partial charge in [0.25, 0.3) is 5.91 Å². The number of carbonyl (C=O) groups excluding carboxylic acids is 2. The molecule has 0 radical (unpaired) electrons. The van der Waals surface area contributed by atoms with Crippen LogP contribution in [0, 0.1) is 5.41 Å². The molecule has 0 fully saturated rings. The molecule has 5 heteroatoms. The third kappa shape index (κ3) is 4.24. The number of rotatable bonds is 5. The zero-order chi connectivity index (χ0) is 14.5. The zero-order valence-corrected chi connectivity index (χ0v) is 12.2. The van der Waals surface area contributed by atoms with Gasteiger partial charge in [-0.2, -0.15) is 0 Å². The lowest BCUT2D eigenvalue weighted by Crippen LogP contribution is -2.32. The summed E-state index contributed by atoms with van der Waals surface area (Å²) in [6.45, 7) is 5.95. The van der Waals surface area contributed by atoms with Crippen LogP contribution in [-0.2, 0) is 4.79 Å². The fourth-order valence-electron chi connectivity index (χ4n) is 1.36. The third-order valence-electron chi connectivity index (χ3n) is 2.67. The van der Waals surface area contributed by atoms with E-state index in [0.717, 1.165) is 0 Å². The Morgan fingerprint density at radius 1 is 1.32 bits per heavy atom. The van der Waals surface area contributed by atoms with E-state index < -0.39 is 5.41 Å². The Labute approximate surface area is 118 Å². The number of amides is 2. The summed E-state index contributed by atoms with van der Waals surface area (Å²) in [5, 5.41) is 5.48. The van der Waals surface area contributed by atoms with Crippen molar-refractivity contribution in [3.63, 3.8) is 0 Å². The molecule has 2 N–H and O–H groups in total. The van der Waals surface area contributed by atoms with E-state index in [2.05, 4.69) is 10.6 Å². The topological polar surface area (TPSA) is 58.2 Å². The van der Waals surface area contributed by atoms with Crippen molar-refractivity contribution in [1.82, 2.24) is 5.32 Å². The van der Waals surface area contributed by atoms with Gasteiger partial charge in [0.05, 0.1) is 5.41 Å². The van der Waals surface area contributed by atoms with Crippen molar-refractivity contribution in [3.8, 4) is 0 Å². The number of hydrogen-bond donors (Lipinski definition) is 2. The van der Waals surface area contributed by atoms with Gasteiger partial charge in [0, 0.05) is 23.7 Å². The van der Waals surface area contributed by atoms with E-state index in [0.29, 0.717) is 17.8 Å². The third-order valence-corrected chi connectivity index (χ3v) is 3.34. The van der Waals surface area contributed by atoms with Crippen LogP contribution in [0.3, 0.4) is 0 Å². The first-order chi connectivity index (χ1) is 8.90. The van der Waals surface area contributed by atoms with Crippen molar-refractivity contribution in [2.24, 2.45) is 5.41 Å². The highest BCUT2D eigenvalue weighted by atomic mass is 35.5. The van der Waals surface area contributed by atoms with E-state index >= 15 is 0 Å². The molecule has 0 aromatic heterocycles. The summed E-state index contributed by atoms with van der Waals surface area (Å²) >= 11 is 5.75. The number of anilines is 1. The fourth-order valence-corrected chi connectivity index (χ4v) is 1.48. The van der Waals surface area contributed by atoms with E-state index in [9.17, 15) is 9.59 Å². The molecule has 104 valence electrons. The lowest BCUT2D eigenvalue weighted by molar-refractivity contribution is -0.122. The van der Waals surface area contributed by atoms with Crippen molar-refractivity contribution >= 4 is 29.1 Å². The molecule has 0 saturated carbocycles. The summed E-state index contributed by atoms with van der Waals surface area (Å²) in [6.07, 6.45) is 0. The zero-order valence-electron chi connectivity index (χ0n) is 11.4. The molecule has 0 spiro atoms. The number of alkyl halides is 1. The van der Waals surface area contributed by atoms with Crippen LogP contribution in [0.2, 0.25) is 0 Å². The summed E-state index contributed by atoms with van der Waals surface area (Å²) in [6, 6.07) is 6.82. The summed E-state index contributed by atoms with van der Waals surface area (Å²) in [5.41, 5.74) is 0.457. The molecule has 1 aromatic carbocycles. The van der Waals surface area contributed by atoms with E-state index in [1.54, 1.807) is 38.1 Å². The second-order valence-corrected chi connectivity index (χ2v) is 5.18. The maximum absolute atomic E-state index is 12.0. The summed E-state index contributed by atoms with van der Waals surface area (Å²) in [4.78, 5) is 23.7. The van der Waals surface area contributed by atoms with Crippen LogP contribution < -0.4 is 10.6 Å². The molecule has 0 atom stereocenters. The van der Waals surface area contributed by atoms with Gasteiger partial charge in [-0.3, -0.25) is 9.59 Å². The number of benzene rings is 1. The highest BCUT2D eigenvalue weighted by Gasteiger charge is 2.26. The number of carbonyl (C=O) groups is 2. The Bertz CT molecular complexity index is 472. The minimum Gasteiger partial charge on any atom is -0.352 e. The molecule has 2 amide bonds. The quantitative estimate of drug-likeness (QED) is 0.816. The van der Waals surface area contributed by atoms with Gasteiger partial charge in [0.15, 0.2) is 0 Å². The monoisotopic (exact) mass is 282 g/mol. The minimum atomic E-state index is -0.650. The highest BCUT2D eigenvalue weighted by Crippen LogP contribution is 2.20. The maximum atomic E-state index is 12.0. The Kier molecular flexibility index (Phi) is 5.36. The summed E-state index contributed by atoms with van der Waals surface area (Å²) in [7, 11) is 0. The van der Waals surface area contributed by atoms with Crippen molar-refractivity contribution < 1.29 is 9.59 Å². The first-order valence-corrected chi connectivity index (χ1v) is 6.70. The minimum absolute atomic E-state index is 0.157. The second-order valence-electron chi connectivity index (χ2n) is 4.91. The molecule has 0 unspecified atom stereocenters. The van der Waals surface area contributed by atoms with Gasteiger partial charge in [-0.25, -0.2) is 0 Å². The molecule has 0 aliphatic carbocycles. The average Bonchev–Trinajstić information content (AvgIpc) is 2.39. The maximum Gasteiger partial charge on any atom is 0.251 e. The molecule has 0 aliphatic rings. The highest BCUT2D eigenvalue weighted by molar-refractivity contribution is 6.20. The normalized spacial score (nSPS) is 10.9. The SMILES string of the molecule is CCNC(=O)c1cccc(NC(=O)C(C)(C)CCl)c1. The van der Waals surface area contributed by atoms with Gasteiger partial charge in [-0.05, 0) is 39.0 Å². The first-order valence-electron chi connectivity index (χ1n) is 6.16. The molecule has 0 aliphatic heterocycles. The average molecular weight is 283 g/mol. The van der Waals surface area contributed by atoms with Crippen LogP contribution in [0.5, 0.6) is 0 Å². The Morgan fingerprint density at radius 3 is 2.58 bits per heavy atom. The standard InChI is InChI=1S/C14H19ClN2O2/c1-4-16-12(18)10-6-5-7-11(8-10)17-13(19)14(2,3)9-15/h5-8H,4,9H2,1-3H3,(H,16,18)(H,17,19). The van der Waals surface area contributed by atoms with Crippen LogP contribution in [0.15, 0.2) is 24.3 Å². The molecule has 19 heavy (non-hydrogen) atoms. The number of nitrogens with one attached hydrogen (secondary N) is 2. The van der Waals surface area contributed by atoms with Crippen LogP contribution in [0.1, 0.15) is 31.1 Å². The van der Waals surface area contributed by atoms with E-state index in [-0.39, 0.29) is 17.7 Å². The fraction of sp³-hybridized carbons (Fsp3) is 0.429. The smallest absolute Gasteiger partial charge is 0.251 e. The summed E-state index contributed by atoms with van der Waals surface area (Å²) < 4.78 is 0. The van der Waals surface area contributed by atoms with Crippen LogP contribution in [-0.4, -0.2) is 24.2 Å². The molecular formula is C14H19ClN2O2. The first kappa shape index (κ1) is 15.5. The molecule has 1 aromatic rings. The molecule has 0 bridgehead atoms.